The maximum Gasteiger partial charge on any atom is 0.392 e. The van der Waals surface area contributed by atoms with Gasteiger partial charge in [-0.05, 0) is 37.1 Å². The van der Waals surface area contributed by atoms with E-state index >= 15 is 0 Å². The Kier molecular flexibility index (Phi) is 4.75. The number of hydrogen-bond donors (Lipinski definition) is 1. The first kappa shape index (κ1) is 15.0. The minimum absolute atomic E-state index is 0.187. The van der Waals surface area contributed by atoms with Gasteiger partial charge < -0.3 is 15.4 Å². The van der Waals surface area contributed by atoms with Gasteiger partial charge in [-0.3, -0.25) is 0 Å². The van der Waals surface area contributed by atoms with Crippen molar-refractivity contribution in [2.45, 2.75) is 31.5 Å². The zero-order valence-electron chi connectivity index (χ0n) is 11.2. The van der Waals surface area contributed by atoms with E-state index in [1.807, 2.05) is 12.1 Å². The second-order valence-electron chi connectivity index (χ2n) is 5.06. The highest BCUT2D eigenvalue weighted by molar-refractivity contribution is 5.49. The van der Waals surface area contributed by atoms with Crippen molar-refractivity contribution in [2.75, 3.05) is 24.6 Å². The molecule has 2 N–H and O–H groups in total. The average molecular weight is 288 g/mol. The van der Waals surface area contributed by atoms with Crippen LogP contribution in [0.1, 0.15) is 19.3 Å². The quantitative estimate of drug-likeness (QED) is 0.925. The Morgan fingerprint density at radius 1 is 1.25 bits per heavy atom. The lowest BCUT2D eigenvalue weighted by atomic mass is 10.1. The lowest BCUT2D eigenvalue weighted by Crippen LogP contribution is -2.42. The molecule has 0 radical (unpaired) electrons. The number of piperidine rings is 1. The number of halogens is 3. The van der Waals surface area contributed by atoms with Crippen molar-refractivity contribution in [3.05, 3.63) is 24.3 Å². The van der Waals surface area contributed by atoms with Crippen LogP contribution in [0.15, 0.2) is 24.3 Å². The summed E-state index contributed by atoms with van der Waals surface area (Å²) in [6, 6.07) is 7.31. The molecule has 20 heavy (non-hydrogen) atoms. The molecule has 112 valence electrons. The third-order valence-corrected chi connectivity index (χ3v) is 3.31. The SMILES string of the molecule is NC1CCCN(c2ccc(OCCC(F)(F)F)cc2)C1. The monoisotopic (exact) mass is 288 g/mol. The van der Waals surface area contributed by atoms with E-state index < -0.39 is 12.6 Å². The first-order valence-electron chi connectivity index (χ1n) is 6.74. The minimum atomic E-state index is -4.18. The summed E-state index contributed by atoms with van der Waals surface area (Å²) in [4.78, 5) is 2.19. The third-order valence-electron chi connectivity index (χ3n) is 3.31. The maximum atomic E-state index is 12.0. The minimum Gasteiger partial charge on any atom is -0.493 e. The van der Waals surface area contributed by atoms with E-state index in [2.05, 4.69) is 4.90 Å². The summed E-state index contributed by atoms with van der Waals surface area (Å²) in [6.07, 6.45) is -3.01. The molecule has 1 fully saturated rings. The second kappa shape index (κ2) is 6.35. The van der Waals surface area contributed by atoms with Gasteiger partial charge in [0.25, 0.3) is 0 Å². The van der Waals surface area contributed by atoms with Crippen LogP contribution in [0.5, 0.6) is 5.75 Å². The predicted molar refractivity (Wildman–Crippen MR) is 72.0 cm³/mol. The zero-order valence-corrected chi connectivity index (χ0v) is 11.2. The largest absolute Gasteiger partial charge is 0.493 e. The van der Waals surface area contributed by atoms with Crippen LogP contribution in [-0.2, 0) is 0 Å². The van der Waals surface area contributed by atoms with Crippen LogP contribution in [0, 0.1) is 0 Å². The van der Waals surface area contributed by atoms with Crippen molar-refractivity contribution in [3.8, 4) is 5.75 Å². The molecule has 0 saturated carbocycles. The number of rotatable bonds is 4. The summed E-state index contributed by atoms with van der Waals surface area (Å²) >= 11 is 0. The molecule has 1 heterocycles. The van der Waals surface area contributed by atoms with Gasteiger partial charge in [0.05, 0.1) is 13.0 Å². The van der Waals surface area contributed by atoms with Gasteiger partial charge >= 0.3 is 6.18 Å². The summed E-state index contributed by atoms with van der Waals surface area (Å²) in [6.45, 7) is 1.42. The molecule has 1 saturated heterocycles. The smallest absolute Gasteiger partial charge is 0.392 e. The fourth-order valence-electron chi connectivity index (χ4n) is 2.28. The fraction of sp³-hybridized carbons (Fsp3) is 0.571. The molecule has 1 atom stereocenters. The van der Waals surface area contributed by atoms with E-state index in [9.17, 15) is 13.2 Å². The number of hydrogen-bond acceptors (Lipinski definition) is 3. The standard InChI is InChI=1S/C14H19F3N2O/c15-14(16,17)7-9-20-13-5-3-12(4-6-13)19-8-1-2-11(18)10-19/h3-6,11H,1-2,7-10,18H2. The molecule has 1 aromatic carbocycles. The van der Waals surface area contributed by atoms with Crippen molar-refractivity contribution >= 4 is 5.69 Å². The van der Waals surface area contributed by atoms with Crippen LogP contribution in [0.25, 0.3) is 0 Å². The second-order valence-corrected chi connectivity index (χ2v) is 5.06. The molecule has 2 rings (SSSR count). The highest BCUT2D eigenvalue weighted by atomic mass is 19.4. The van der Waals surface area contributed by atoms with Crippen LogP contribution in [0.3, 0.4) is 0 Å². The topological polar surface area (TPSA) is 38.5 Å². The van der Waals surface area contributed by atoms with E-state index in [0.29, 0.717) is 5.75 Å². The van der Waals surface area contributed by atoms with Gasteiger partial charge in [-0.25, -0.2) is 0 Å². The Labute approximate surface area is 116 Å². The Hall–Kier alpha value is -1.43. The van der Waals surface area contributed by atoms with Crippen molar-refractivity contribution in [1.29, 1.82) is 0 Å². The van der Waals surface area contributed by atoms with E-state index in [-0.39, 0.29) is 12.6 Å². The van der Waals surface area contributed by atoms with E-state index in [4.69, 9.17) is 10.5 Å². The van der Waals surface area contributed by atoms with Gasteiger partial charge in [-0.1, -0.05) is 0 Å². The summed E-state index contributed by atoms with van der Waals surface area (Å²) in [5.74, 6) is 0.458. The fourth-order valence-corrected chi connectivity index (χ4v) is 2.28. The Morgan fingerprint density at radius 2 is 1.95 bits per heavy atom. The molecule has 3 nitrogen and oxygen atoms in total. The third kappa shape index (κ3) is 4.59. The number of benzene rings is 1. The van der Waals surface area contributed by atoms with Gasteiger partial charge in [0.2, 0.25) is 0 Å². The Morgan fingerprint density at radius 3 is 2.55 bits per heavy atom. The maximum absolute atomic E-state index is 12.0. The molecule has 6 heteroatoms. The highest BCUT2D eigenvalue weighted by Gasteiger charge is 2.26. The van der Waals surface area contributed by atoms with Crippen LogP contribution < -0.4 is 15.4 Å². The number of ether oxygens (including phenoxy) is 1. The Balaban J connectivity index is 1.86. The van der Waals surface area contributed by atoms with Gasteiger partial charge in [0.1, 0.15) is 5.75 Å². The first-order valence-corrected chi connectivity index (χ1v) is 6.74. The summed E-state index contributed by atoms with van der Waals surface area (Å²) in [7, 11) is 0. The van der Waals surface area contributed by atoms with Crippen molar-refractivity contribution in [1.82, 2.24) is 0 Å². The molecule has 1 aliphatic heterocycles. The summed E-state index contributed by atoms with van der Waals surface area (Å²) < 4.78 is 41.1. The molecular weight excluding hydrogens is 269 g/mol. The molecule has 1 aliphatic rings. The number of alkyl halides is 3. The first-order chi connectivity index (χ1) is 9.44. The van der Waals surface area contributed by atoms with Gasteiger partial charge in [0, 0.05) is 24.8 Å². The lowest BCUT2D eigenvalue weighted by Gasteiger charge is -2.32. The van der Waals surface area contributed by atoms with Crippen LogP contribution in [0.2, 0.25) is 0 Å². The van der Waals surface area contributed by atoms with E-state index in [1.165, 1.54) is 0 Å². The average Bonchev–Trinajstić information content (AvgIpc) is 2.38. The summed E-state index contributed by atoms with van der Waals surface area (Å²) in [5, 5.41) is 0. The van der Waals surface area contributed by atoms with E-state index in [1.54, 1.807) is 12.1 Å². The molecule has 0 aliphatic carbocycles. The Bertz CT molecular complexity index is 419. The lowest BCUT2D eigenvalue weighted by molar-refractivity contribution is -0.139. The molecule has 1 unspecified atom stereocenters. The number of anilines is 1. The number of nitrogens with two attached hydrogens (primary N) is 1. The van der Waals surface area contributed by atoms with E-state index in [0.717, 1.165) is 31.6 Å². The molecule has 0 spiro atoms. The van der Waals surface area contributed by atoms with Crippen LogP contribution >= 0.6 is 0 Å². The predicted octanol–water partition coefficient (Wildman–Crippen LogP) is 2.95. The molecule has 0 bridgehead atoms. The molecular formula is C14H19F3N2O. The zero-order chi connectivity index (χ0) is 14.6. The van der Waals surface area contributed by atoms with Crippen LogP contribution in [-0.4, -0.2) is 31.9 Å². The van der Waals surface area contributed by atoms with Crippen molar-refractivity contribution < 1.29 is 17.9 Å². The van der Waals surface area contributed by atoms with Crippen molar-refractivity contribution in [3.63, 3.8) is 0 Å². The molecule has 1 aromatic rings. The molecule has 0 amide bonds. The van der Waals surface area contributed by atoms with Gasteiger partial charge in [-0.15, -0.1) is 0 Å². The number of nitrogens with zero attached hydrogens (tertiary/aromatic N) is 1. The van der Waals surface area contributed by atoms with Gasteiger partial charge in [-0.2, -0.15) is 13.2 Å². The van der Waals surface area contributed by atoms with Gasteiger partial charge in [0.15, 0.2) is 0 Å². The normalized spacial score (nSPS) is 20.0. The van der Waals surface area contributed by atoms with Crippen LogP contribution in [0.4, 0.5) is 18.9 Å². The highest BCUT2D eigenvalue weighted by Crippen LogP contribution is 2.24. The molecule has 0 aromatic heterocycles. The summed E-state index contributed by atoms with van der Waals surface area (Å²) in [5.41, 5.74) is 6.96. The van der Waals surface area contributed by atoms with Crippen molar-refractivity contribution in [2.24, 2.45) is 5.73 Å².